The molecule has 0 saturated carbocycles. The van der Waals surface area contributed by atoms with Crippen molar-refractivity contribution in [2.75, 3.05) is 0 Å². The molecule has 0 spiro atoms. The van der Waals surface area contributed by atoms with Crippen LogP contribution in [0.15, 0.2) is 48.5 Å². The van der Waals surface area contributed by atoms with E-state index in [2.05, 4.69) is 0 Å². The van der Waals surface area contributed by atoms with Crippen molar-refractivity contribution in [2.24, 2.45) is 0 Å². The van der Waals surface area contributed by atoms with Gasteiger partial charge in [0.15, 0.2) is 6.29 Å². The van der Waals surface area contributed by atoms with Gasteiger partial charge in [-0.2, -0.15) is 0 Å². The lowest BCUT2D eigenvalue weighted by Gasteiger charge is -2.01. The highest BCUT2D eigenvalue weighted by Crippen LogP contribution is 2.20. The summed E-state index contributed by atoms with van der Waals surface area (Å²) in [6, 6.07) is 13.7. The molecule has 90 valence electrons. The second-order valence-corrected chi connectivity index (χ2v) is 4.25. The molecule has 0 saturated heterocycles. The van der Waals surface area contributed by atoms with Gasteiger partial charge in [0, 0.05) is 10.6 Å². The second kappa shape index (κ2) is 5.52. The maximum absolute atomic E-state index is 11.1. The number of carbonyl (C=O) groups is 1. The number of benzene rings is 2. The highest BCUT2D eigenvalue weighted by Gasteiger charge is 2.01. The average Bonchev–Trinajstić information content (AvgIpc) is 2.39. The molecule has 0 bridgehead atoms. The molecular formula is C15H11ClO2. The predicted octanol–water partition coefficient (Wildman–Crippen LogP) is 3.79. The van der Waals surface area contributed by atoms with Crippen LogP contribution in [-0.4, -0.2) is 11.4 Å². The number of aldehydes is 1. The molecular weight excluding hydrogens is 248 g/mol. The van der Waals surface area contributed by atoms with Crippen molar-refractivity contribution in [3.63, 3.8) is 0 Å². The minimum atomic E-state index is 0.176. The van der Waals surface area contributed by atoms with Crippen molar-refractivity contribution < 1.29 is 9.90 Å². The van der Waals surface area contributed by atoms with E-state index in [1.165, 1.54) is 0 Å². The van der Waals surface area contributed by atoms with Gasteiger partial charge in [-0.15, -0.1) is 0 Å². The minimum Gasteiger partial charge on any atom is -0.508 e. The summed E-state index contributed by atoms with van der Waals surface area (Å²) in [4.78, 5) is 11.1. The number of phenols is 1. The van der Waals surface area contributed by atoms with E-state index >= 15 is 0 Å². The molecule has 0 aromatic heterocycles. The SMILES string of the molecule is O=C/C(=C/c1ccc(Cl)cc1)c1ccc(O)cc1. The average molecular weight is 259 g/mol. The summed E-state index contributed by atoms with van der Waals surface area (Å²) in [5.41, 5.74) is 2.21. The summed E-state index contributed by atoms with van der Waals surface area (Å²) < 4.78 is 0. The van der Waals surface area contributed by atoms with E-state index in [1.54, 1.807) is 42.5 Å². The lowest BCUT2D eigenvalue weighted by Crippen LogP contribution is -1.85. The van der Waals surface area contributed by atoms with Crippen molar-refractivity contribution >= 4 is 29.5 Å². The number of hydrogen-bond acceptors (Lipinski definition) is 2. The van der Waals surface area contributed by atoms with Crippen LogP contribution in [0.1, 0.15) is 11.1 Å². The quantitative estimate of drug-likeness (QED) is 0.517. The minimum absolute atomic E-state index is 0.176. The maximum atomic E-state index is 11.1. The summed E-state index contributed by atoms with van der Waals surface area (Å²) in [6.45, 7) is 0. The number of allylic oxidation sites excluding steroid dienone is 1. The summed E-state index contributed by atoms with van der Waals surface area (Å²) in [7, 11) is 0. The first-order valence-electron chi connectivity index (χ1n) is 5.41. The fourth-order valence-electron chi connectivity index (χ4n) is 1.58. The van der Waals surface area contributed by atoms with Crippen LogP contribution in [-0.2, 0) is 4.79 Å². The molecule has 2 rings (SSSR count). The summed E-state index contributed by atoms with van der Waals surface area (Å²) in [5.74, 6) is 0.176. The Balaban J connectivity index is 2.36. The molecule has 0 fully saturated rings. The smallest absolute Gasteiger partial charge is 0.150 e. The van der Waals surface area contributed by atoms with E-state index in [0.29, 0.717) is 10.6 Å². The van der Waals surface area contributed by atoms with Gasteiger partial charge in [0.05, 0.1) is 0 Å². The van der Waals surface area contributed by atoms with Crippen LogP contribution in [0, 0.1) is 0 Å². The first-order chi connectivity index (χ1) is 8.69. The Morgan fingerprint density at radius 2 is 1.61 bits per heavy atom. The lowest BCUT2D eigenvalue weighted by atomic mass is 10.0. The van der Waals surface area contributed by atoms with Crippen LogP contribution >= 0.6 is 11.6 Å². The van der Waals surface area contributed by atoms with E-state index in [4.69, 9.17) is 11.6 Å². The third kappa shape index (κ3) is 2.99. The molecule has 18 heavy (non-hydrogen) atoms. The van der Waals surface area contributed by atoms with Crippen LogP contribution in [0.5, 0.6) is 5.75 Å². The highest BCUT2D eigenvalue weighted by molar-refractivity contribution is 6.30. The fourth-order valence-corrected chi connectivity index (χ4v) is 1.70. The molecule has 0 atom stereocenters. The molecule has 0 heterocycles. The monoisotopic (exact) mass is 258 g/mol. The summed E-state index contributed by atoms with van der Waals surface area (Å²) in [6.07, 6.45) is 2.57. The number of carbonyl (C=O) groups excluding carboxylic acids is 1. The fraction of sp³-hybridized carbons (Fsp3) is 0. The van der Waals surface area contributed by atoms with Crippen LogP contribution in [0.3, 0.4) is 0 Å². The van der Waals surface area contributed by atoms with Gasteiger partial charge < -0.3 is 5.11 Å². The van der Waals surface area contributed by atoms with Gasteiger partial charge in [0.25, 0.3) is 0 Å². The zero-order chi connectivity index (χ0) is 13.0. The molecule has 0 unspecified atom stereocenters. The molecule has 0 amide bonds. The number of hydrogen-bond donors (Lipinski definition) is 1. The van der Waals surface area contributed by atoms with Crippen LogP contribution < -0.4 is 0 Å². The third-order valence-electron chi connectivity index (χ3n) is 2.52. The lowest BCUT2D eigenvalue weighted by molar-refractivity contribution is -0.103. The van der Waals surface area contributed by atoms with Crippen molar-refractivity contribution in [2.45, 2.75) is 0 Å². The van der Waals surface area contributed by atoms with E-state index in [1.807, 2.05) is 12.1 Å². The van der Waals surface area contributed by atoms with Gasteiger partial charge in [-0.1, -0.05) is 35.9 Å². The van der Waals surface area contributed by atoms with Crippen LogP contribution in [0.4, 0.5) is 0 Å². The Hall–Kier alpha value is -2.06. The second-order valence-electron chi connectivity index (χ2n) is 3.82. The van der Waals surface area contributed by atoms with Crippen LogP contribution in [0.2, 0.25) is 5.02 Å². The van der Waals surface area contributed by atoms with Crippen LogP contribution in [0.25, 0.3) is 11.6 Å². The molecule has 2 aromatic rings. The van der Waals surface area contributed by atoms with Gasteiger partial charge in [-0.25, -0.2) is 0 Å². The number of rotatable bonds is 3. The van der Waals surface area contributed by atoms with Gasteiger partial charge in [0.2, 0.25) is 0 Å². The van der Waals surface area contributed by atoms with Gasteiger partial charge in [-0.3, -0.25) is 4.79 Å². The number of aromatic hydroxyl groups is 1. The summed E-state index contributed by atoms with van der Waals surface area (Å²) in [5, 5.41) is 9.87. The zero-order valence-corrected chi connectivity index (χ0v) is 10.3. The first-order valence-corrected chi connectivity index (χ1v) is 5.79. The molecule has 0 radical (unpaired) electrons. The van der Waals surface area contributed by atoms with Crippen molar-refractivity contribution in [1.29, 1.82) is 0 Å². The topological polar surface area (TPSA) is 37.3 Å². The molecule has 2 nitrogen and oxygen atoms in total. The highest BCUT2D eigenvalue weighted by atomic mass is 35.5. The molecule has 0 aliphatic rings. The zero-order valence-electron chi connectivity index (χ0n) is 9.51. The normalized spacial score (nSPS) is 11.3. The predicted molar refractivity (Wildman–Crippen MR) is 73.5 cm³/mol. The molecule has 0 aliphatic heterocycles. The number of halogens is 1. The van der Waals surface area contributed by atoms with Gasteiger partial charge in [0.1, 0.15) is 5.75 Å². The Morgan fingerprint density at radius 3 is 2.17 bits per heavy atom. The Kier molecular flexibility index (Phi) is 3.80. The maximum Gasteiger partial charge on any atom is 0.150 e. The Morgan fingerprint density at radius 1 is 1.00 bits per heavy atom. The molecule has 1 N–H and O–H groups in total. The first kappa shape index (κ1) is 12.4. The van der Waals surface area contributed by atoms with E-state index in [-0.39, 0.29) is 5.75 Å². The van der Waals surface area contributed by atoms with E-state index in [0.717, 1.165) is 17.4 Å². The standard InChI is InChI=1S/C15H11ClO2/c16-14-5-1-11(2-6-14)9-13(10-17)12-3-7-15(18)8-4-12/h1-10,18H/b13-9-. The van der Waals surface area contributed by atoms with Crippen molar-refractivity contribution in [1.82, 2.24) is 0 Å². The largest absolute Gasteiger partial charge is 0.508 e. The number of phenolic OH excluding ortho intramolecular Hbond substituents is 1. The third-order valence-corrected chi connectivity index (χ3v) is 2.77. The summed E-state index contributed by atoms with van der Waals surface area (Å²) >= 11 is 5.80. The van der Waals surface area contributed by atoms with Crippen molar-refractivity contribution in [3.8, 4) is 5.75 Å². The van der Waals surface area contributed by atoms with E-state index < -0.39 is 0 Å². The van der Waals surface area contributed by atoms with Gasteiger partial charge in [-0.05, 0) is 41.5 Å². The van der Waals surface area contributed by atoms with E-state index in [9.17, 15) is 9.90 Å². The molecule has 2 aromatic carbocycles. The Labute approximate surface area is 110 Å². The molecule has 0 aliphatic carbocycles. The van der Waals surface area contributed by atoms with Crippen molar-refractivity contribution in [3.05, 3.63) is 64.7 Å². The van der Waals surface area contributed by atoms with Gasteiger partial charge >= 0.3 is 0 Å². The molecule has 3 heteroatoms. The Bertz CT molecular complexity index is 568.